The summed E-state index contributed by atoms with van der Waals surface area (Å²) >= 11 is 0. The first-order chi connectivity index (χ1) is 7.40. The van der Waals surface area contributed by atoms with Gasteiger partial charge in [-0.15, -0.1) is 0 Å². The van der Waals surface area contributed by atoms with E-state index in [-0.39, 0.29) is 0 Å². The minimum Gasteiger partial charge on any atom is -0.342 e. The first-order valence-electron chi connectivity index (χ1n) is 6.67. The predicted molar refractivity (Wildman–Crippen MR) is 68.2 cm³/mol. The number of nitrogens with zero attached hydrogens (tertiary/aromatic N) is 1. The predicted octanol–water partition coefficient (Wildman–Crippen LogP) is 3.32. The molecule has 1 rings (SSSR count). The fourth-order valence-corrected chi connectivity index (χ4v) is 3.04. The summed E-state index contributed by atoms with van der Waals surface area (Å²) in [5.41, 5.74) is 0.377. The molecule has 1 heterocycles. The van der Waals surface area contributed by atoms with Gasteiger partial charge in [0.15, 0.2) is 0 Å². The van der Waals surface area contributed by atoms with Gasteiger partial charge in [0.25, 0.3) is 0 Å². The van der Waals surface area contributed by atoms with Crippen molar-refractivity contribution < 1.29 is 4.79 Å². The second-order valence-corrected chi connectivity index (χ2v) is 6.12. The summed E-state index contributed by atoms with van der Waals surface area (Å²) < 4.78 is 0. The average Bonchev–Trinajstić information content (AvgIpc) is 2.25. The summed E-state index contributed by atoms with van der Waals surface area (Å²) in [5.74, 6) is 1.77. The molecule has 0 saturated carbocycles. The summed E-state index contributed by atoms with van der Waals surface area (Å²) in [6, 6.07) is 0. The minimum absolute atomic E-state index is 0.325. The van der Waals surface area contributed by atoms with Gasteiger partial charge in [-0.25, -0.2) is 0 Å². The number of carbonyl (C=O) groups excluding carboxylic acids is 1. The first kappa shape index (κ1) is 13.5. The van der Waals surface area contributed by atoms with E-state index in [2.05, 4.69) is 32.6 Å². The number of hydrogen-bond acceptors (Lipinski definition) is 1. The molecular weight excluding hydrogens is 198 g/mol. The highest BCUT2D eigenvalue weighted by molar-refractivity contribution is 5.75. The lowest BCUT2D eigenvalue weighted by molar-refractivity contribution is -0.134. The summed E-state index contributed by atoms with van der Waals surface area (Å²) in [6.07, 6.45) is 3.01. The molecule has 2 nitrogen and oxygen atoms in total. The zero-order valence-electron chi connectivity index (χ0n) is 11.5. The number of likely N-dealkylation sites (tertiary alicyclic amines) is 1. The van der Waals surface area contributed by atoms with E-state index in [9.17, 15) is 4.79 Å². The van der Waals surface area contributed by atoms with Crippen LogP contribution in [0.1, 0.15) is 53.9 Å². The number of carbonyl (C=O) groups is 1. The van der Waals surface area contributed by atoms with Gasteiger partial charge in [0.2, 0.25) is 5.91 Å². The quantitative estimate of drug-likeness (QED) is 0.706. The molecule has 1 saturated heterocycles. The van der Waals surface area contributed by atoms with Gasteiger partial charge < -0.3 is 4.90 Å². The zero-order chi connectivity index (χ0) is 12.3. The van der Waals surface area contributed by atoms with E-state index in [1.807, 2.05) is 6.92 Å². The van der Waals surface area contributed by atoms with Gasteiger partial charge in [0.1, 0.15) is 0 Å². The van der Waals surface area contributed by atoms with Crippen LogP contribution in [0, 0.1) is 17.3 Å². The largest absolute Gasteiger partial charge is 0.342 e. The molecular formula is C14H27NO. The van der Waals surface area contributed by atoms with Crippen molar-refractivity contribution in [3.05, 3.63) is 0 Å². The molecule has 94 valence electrons. The molecule has 2 unspecified atom stereocenters. The van der Waals surface area contributed by atoms with Gasteiger partial charge in [-0.2, -0.15) is 0 Å². The van der Waals surface area contributed by atoms with Crippen LogP contribution in [0.25, 0.3) is 0 Å². The van der Waals surface area contributed by atoms with Crippen molar-refractivity contribution in [3.63, 3.8) is 0 Å². The molecule has 1 fully saturated rings. The Morgan fingerprint density at radius 2 is 1.94 bits per heavy atom. The molecule has 1 aliphatic rings. The lowest BCUT2D eigenvalue weighted by Gasteiger charge is -2.44. The monoisotopic (exact) mass is 225 g/mol. The molecule has 16 heavy (non-hydrogen) atoms. The second kappa shape index (κ2) is 5.20. The van der Waals surface area contributed by atoms with Gasteiger partial charge >= 0.3 is 0 Å². The van der Waals surface area contributed by atoms with Crippen molar-refractivity contribution in [2.75, 3.05) is 13.1 Å². The zero-order valence-corrected chi connectivity index (χ0v) is 11.5. The maximum absolute atomic E-state index is 11.7. The maximum Gasteiger partial charge on any atom is 0.222 e. The third-order valence-corrected chi connectivity index (χ3v) is 4.03. The Hall–Kier alpha value is -0.530. The smallest absolute Gasteiger partial charge is 0.222 e. The molecule has 0 radical (unpaired) electrons. The van der Waals surface area contributed by atoms with Crippen LogP contribution >= 0.6 is 0 Å². The molecule has 0 N–H and O–H groups in total. The van der Waals surface area contributed by atoms with Crippen molar-refractivity contribution >= 4 is 5.91 Å². The second-order valence-electron chi connectivity index (χ2n) is 6.12. The molecule has 1 amide bonds. The van der Waals surface area contributed by atoms with Crippen molar-refractivity contribution in [2.24, 2.45) is 17.3 Å². The molecule has 0 aromatic carbocycles. The average molecular weight is 225 g/mol. The number of rotatable bonds is 2. The van der Waals surface area contributed by atoms with E-state index in [4.69, 9.17) is 0 Å². The van der Waals surface area contributed by atoms with Crippen molar-refractivity contribution in [3.8, 4) is 0 Å². The van der Waals surface area contributed by atoms with Crippen LogP contribution < -0.4 is 0 Å². The number of hydrogen-bond donors (Lipinski definition) is 0. The molecule has 0 aromatic rings. The fraction of sp³-hybridized carbons (Fsp3) is 0.929. The van der Waals surface area contributed by atoms with E-state index < -0.39 is 0 Å². The van der Waals surface area contributed by atoms with Crippen LogP contribution in [0.15, 0.2) is 0 Å². The standard InChI is InChI=1S/C14H27NO/c1-6-11-10-15(13(16)7-2)9-8-12(11)14(3,4)5/h11-12H,6-10H2,1-5H3. The Bertz CT molecular complexity index is 242. The van der Waals surface area contributed by atoms with Crippen molar-refractivity contribution in [1.82, 2.24) is 4.90 Å². The van der Waals surface area contributed by atoms with E-state index in [0.717, 1.165) is 19.0 Å². The van der Waals surface area contributed by atoms with Gasteiger partial charge in [-0.3, -0.25) is 4.79 Å². The van der Waals surface area contributed by atoms with Crippen LogP contribution in [0.3, 0.4) is 0 Å². The highest BCUT2D eigenvalue weighted by atomic mass is 16.2. The van der Waals surface area contributed by atoms with E-state index in [0.29, 0.717) is 23.7 Å². The summed E-state index contributed by atoms with van der Waals surface area (Å²) in [7, 11) is 0. The van der Waals surface area contributed by atoms with Crippen molar-refractivity contribution in [2.45, 2.75) is 53.9 Å². The molecule has 0 aromatic heterocycles. The van der Waals surface area contributed by atoms with Gasteiger partial charge in [-0.05, 0) is 23.7 Å². The molecule has 2 atom stereocenters. The molecule has 0 bridgehead atoms. The lowest BCUT2D eigenvalue weighted by Crippen LogP contribution is -2.46. The van der Waals surface area contributed by atoms with Gasteiger partial charge in [0.05, 0.1) is 0 Å². The highest BCUT2D eigenvalue weighted by Crippen LogP contribution is 2.39. The Morgan fingerprint density at radius 1 is 1.31 bits per heavy atom. The first-order valence-corrected chi connectivity index (χ1v) is 6.67. The van der Waals surface area contributed by atoms with Crippen LogP contribution in [0.4, 0.5) is 0 Å². The Morgan fingerprint density at radius 3 is 2.38 bits per heavy atom. The topological polar surface area (TPSA) is 20.3 Å². The maximum atomic E-state index is 11.7. The molecule has 0 aliphatic carbocycles. The highest BCUT2D eigenvalue weighted by Gasteiger charge is 2.36. The van der Waals surface area contributed by atoms with Gasteiger partial charge in [0, 0.05) is 19.5 Å². The van der Waals surface area contributed by atoms with Crippen LogP contribution in [0.2, 0.25) is 0 Å². The number of amides is 1. The molecule has 1 aliphatic heterocycles. The fourth-order valence-electron chi connectivity index (χ4n) is 3.04. The van der Waals surface area contributed by atoms with Crippen LogP contribution in [-0.4, -0.2) is 23.9 Å². The molecule has 2 heteroatoms. The van der Waals surface area contributed by atoms with Gasteiger partial charge in [-0.1, -0.05) is 41.0 Å². The third kappa shape index (κ3) is 2.99. The Labute approximate surface area is 100 Å². The van der Waals surface area contributed by atoms with Crippen LogP contribution in [0.5, 0.6) is 0 Å². The van der Waals surface area contributed by atoms with E-state index >= 15 is 0 Å². The SMILES string of the molecule is CCC(=O)N1CCC(C(C)(C)C)C(CC)C1. The summed E-state index contributed by atoms with van der Waals surface area (Å²) in [6.45, 7) is 13.1. The van der Waals surface area contributed by atoms with Crippen molar-refractivity contribution in [1.29, 1.82) is 0 Å². The molecule has 0 spiro atoms. The summed E-state index contributed by atoms with van der Waals surface area (Å²) in [5, 5.41) is 0. The minimum atomic E-state index is 0.325. The lowest BCUT2D eigenvalue weighted by atomic mass is 9.68. The van der Waals surface area contributed by atoms with E-state index in [1.165, 1.54) is 12.8 Å². The Kier molecular flexibility index (Phi) is 4.40. The third-order valence-electron chi connectivity index (χ3n) is 4.03. The Balaban J connectivity index is 2.68. The summed E-state index contributed by atoms with van der Waals surface area (Å²) in [4.78, 5) is 13.8. The van der Waals surface area contributed by atoms with E-state index in [1.54, 1.807) is 0 Å². The normalized spacial score (nSPS) is 26.9. The number of piperidine rings is 1. The van der Waals surface area contributed by atoms with Crippen LogP contribution in [-0.2, 0) is 4.79 Å².